The molecule has 2 N–H and O–H groups in total. The van der Waals surface area contributed by atoms with Crippen molar-refractivity contribution in [3.05, 3.63) is 24.3 Å². The Morgan fingerprint density at radius 2 is 2.00 bits per heavy atom. The molecule has 1 heterocycles. The van der Waals surface area contributed by atoms with E-state index in [9.17, 15) is 4.79 Å². The number of guanidine groups is 1. The van der Waals surface area contributed by atoms with Gasteiger partial charge in [0, 0.05) is 43.2 Å². The number of carbonyl (C=O) groups is 1. The number of ether oxygens (including phenoxy) is 1. The molecular formula is C19H31IN4O2. The number of rotatable bonds is 5. The van der Waals surface area contributed by atoms with Gasteiger partial charge in [-0.15, -0.1) is 24.0 Å². The minimum absolute atomic E-state index is 0. The fraction of sp³-hybridized carbons (Fsp3) is 0.579. The summed E-state index contributed by atoms with van der Waals surface area (Å²) in [6, 6.07) is 7.39. The molecule has 1 aromatic rings. The van der Waals surface area contributed by atoms with Crippen LogP contribution in [0.4, 0.5) is 5.69 Å². The fourth-order valence-corrected chi connectivity index (χ4v) is 2.89. The Morgan fingerprint density at radius 1 is 1.31 bits per heavy atom. The first-order valence-corrected chi connectivity index (χ1v) is 8.66. The SMILES string of the molecule is CN=C(NCCOc1cccc(NC(C)=O)c1)N1CC(C)(C)C1(C)C.I. The van der Waals surface area contributed by atoms with Gasteiger partial charge in [-0.05, 0) is 26.0 Å². The number of benzene rings is 1. The van der Waals surface area contributed by atoms with Gasteiger partial charge in [0.2, 0.25) is 5.91 Å². The van der Waals surface area contributed by atoms with Gasteiger partial charge in [0.1, 0.15) is 12.4 Å². The van der Waals surface area contributed by atoms with E-state index in [1.165, 1.54) is 6.92 Å². The normalized spacial score (nSPS) is 17.6. The van der Waals surface area contributed by atoms with Crippen LogP contribution in [0.1, 0.15) is 34.6 Å². The minimum Gasteiger partial charge on any atom is -0.492 e. The highest BCUT2D eigenvalue weighted by Gasteiger charge is 2.53. The average Bonchev–Trinajstić information content (AvgIpc) is 2.53. The van der Waals surface area contributed by atoms with Crippen molar-refractivity contribution >= 4 is 41.5 Å². The number of hydrogen-bond donors (Lipinski definition) is 2. The Labute approximate surface area is 173 Å². The summed E-state index contributed by atoms with van der Waals surface area (Å²) in [6.07, 6.45) is 0. The smallest absolute Gasteiger partial charge is 0.221 e. The second kappa shape index (κ2) is 8.92. The van der Waals surface area contributed by atoms with Crippen LogP contribution in [0.25, 0.3) is 0 Å². The number of aliphatic imine (C=N–C) groups is 1. The molecule has 1 aliphatic rings. The van der Waals surface area contributed by atoms with Gasteiger partial charge in [0.05, 0.1) is 6.54 Å². The summed E-state index contributed by atoms with van der Waals surface area (Å²) in [5.41, 5.74) is 1.08. The van der Waals surface area contributed by atoms with Crippen LogP contribution in [0, 0.1) is 5.41 Å². The number of nitrogens with one attached hydrogen (secondary N) is 2. The molecule has 1 fully saturated rings. The molecule has 1 saturated heterocycles. The highest BCUT2D eigenvalue weighted by molar-refractivity contribution is 14.0. The number of nitrogens with zero attached hydrogens (tertiary/aromatic N) is 2. The highest BCUT2D eigenvalue weighted by Crippen LogP contribution is 2.46. The summed E-state index contributed by atoms with van der Waals surface area (Å²) in [5.74, 6) is 1.54. The van der Waals surface area contributed by atoms with Crippen LogP contribution >= 0.6 is 24.0 Å². The van der Waals surface area contributed by atoms with Gasteiger partial charge in [-0.3, -0.25) is 9.79 Å². The third-order valence-electron chi connectivity index (χ3n) is 5.16. The summed E-state index contributed by atoms with van der Waals surface area (Å²) in [5, 5.41) is 6.11. The molecule has 7 heteroatoms. The van der Waals surface area contributed by atoms with E-state index in [2.05, 4.69) is 48.2 Å². The molecule has 0 atom stereocenters. The molecular weight excluding hydrogens is 443 g/mol. The van der Waals surface area contributed by atoms with Crippen LogP contribution in [0.15, 0.2) is 29.3 Å². The van der Waals surface area contributed by atoms with E-state index in [0.29, 0.717) is 13.2 Å². The Hall–Kier alpha value is -1.51. The Balaban J connectivity index is 0.00000338. The zero-order chi connectivity index (χ0) is 18.7. The number of anilines is 1. The second-order valence-electron chi connectivity index (χ2n) is 7.56. The minimum atomic E-state index is -0.0947. The van der Waals surface area contributed by atoms with Crippen molar-refractivity contribution in [3.63, 3.8) is 0 Å². The van der Waals surface area contributed by atoms with Crippen LogP contribution in [-0.4, -0.2) is 49.0 Å². The quantitative estimate of drug-likeness (QED) is 0.298. The van der Waals surface area contributed by atoms with Crippen molar-refractivity contribution in [2.24, 2.45) is 10.4 Å². The van der Waals surface area contributed by atoms with Crippen molar-refractivity contribution in [1.29, 1.82) is 0 Å². The van der Waals surface area contributed by atoms with Crippen molar-refractivity contribution in [1.82, 2.24) is 10.2 Å². The molecule has 0 unspecified atom stereocenters. The van der Waals surface area contributed by atoms with E-state index in [1.807, 2.05) is 31.3 Å². The predicted molar refractivity (Wildman–Crippen MR) is 118 cm³/mol. The van der Waals surface area contributed by atoms with Crippen LogP contribution < -0.4 is 15.4 Å². The van der Waals surface area contributed by atoms with E-state index in [4.69, 9.17) is 4.74 Å². The molecule has 146 valence electrons. The van der Waals surface area contributed by atoms with Gasteiger partial charge in [-0.1, -0.05) is 19.9 Å². The van der Waals surface area contributed by atoms with Gasteiger partial charge in [-0.2, -0.15) is 0 Å². The van der Waals surface area contributed by atoms with Crippen LogP contribution in [-0.2, 0) is 4.79 Å². The molecule has 0 aliphatic carbocycles. The maximum absolute atomic E-state index is 11.1. The molecule has 0 aromatic heterocycles. The summed E-state index contributed by atoms with van der Waals surface area (Å²) < 4.78 is 5.76. The Morgan fingerprint density at radius 3 is 2.54 bits per heavy atom. The molecule has 0 spiro atoms. The zero-order valence-electron chi connectivity index (χ0n) is 16.5. The third-order valence-corrected chi connectivity index (χ3v) is 5.16. The third kappa shape index (κ3) is 5.02. The summed E-state index contributed by atoms with van der Waals surface area (Å²) in [4.78, 5) is 17.8. The monoisotopic (exact) mass is 474 g/mol. The molecule has 0 radical (unpaired) electrons. The van der Waals surface area contributed by atoms with Crippen LogP contribution in [0.5, 0.6) is 5.75 Å². The largest absolute Gasteiger partial charge is 0.492 e. The first-order valence-electron chi connectivity index (χ1n) is 8.66. The van der Waals surface area contributed by atoms with E-state index < -0.39 is 0 Å². The standard InChI is InChI=1S/C19H30N4O2.HI/c1-14(24)22-15-8-7-9-16(12-15)25-11-10-21-17(20-6)23-13-18(2,3)19(23,4)5;/h7-9,12H,10-11,13H2,1-6H3,(H,20,21)(H,22,24);1H. The first-order chi connectivity index (χ1) is 11.7. The van der Waals surface area contributed by atoms with E-state index in [0.717, 1.165) is 23.9 Å². The number of hydrogen-bond acceptors (Lipinski definition) is 3. The topological polar surface area (TPSA) is 66.0 Å². The lowest BCUT2D eigenvalue weighted by atomic mass is 9.65. The van der Waals surface area contributed by atoms with Crippen molar-refractivity contribution < 1.29 is 9.53 Å². The van der Waals surface area contributed by atoms with Crippen molar-refractivity contribution in [2.75, 3.05) is 32.1 Å². The van der Waals surface area contributed by atoms with Gasteiger partial charge in [0.25, 0.3) is 0 Å². The van der Waals surface area contributed by atoms with Gasteiger partial charge in [0.15, 0.2) is 5.96 Å². The van der Waals surface area contributed by atoms with E-state index in [-0.39, 0.29) is 40.8 Å². The lowest BCUT2D eigenvalue weighted by Gasteiger charge is -2.62. The molecule has 1 amide bonds. The number of halogens is 1. The zero-order valence-corrected chi connectivity index (χ0v) is 18.9. The number of likely N-dealkylation sites (tertiary alicyclic amines) is 1. The average molecular weight is 474 g/mol. The molecule has 0 saturated carbocycles. The molecule has 1 aliphatic heterocycles. The van der Waals surface area contributed by atoms with Crippen LogP contribution in [0.3, 0.4) is 0 Å². The lowest BCUT2D eigenvalue weighted by Crippen LogP contribution is -2.72. The van der Waals surface area contributed by atoms with Crippen LogP contribution in [0.2, 0.25) is 0 Å². The molecule has 6 nitrogen and oxygen atoms in total. The predicted octanol–water partition coefficient (Wildman–Crippen LogP) is 3.34. The van der Waals surface area contributed by atoms with Crippen molar-refractivity contribution in [3.8, 4) is 5.75 Å². The van der Waals surface area contributed by atoms with Gasteiger partial charge in [-0.25, -0.2) is 0 Å². The molecule has 26 heavy (non-hydrogen) atoms. The first kappa shape index (κ1) is 22.5. The van der Waals surface area contributed by atoms with E-state index >= 15 is 0 Å². The Bertz CT molecular complexity index is 659. The van der Waals surface area contributed by atoms with Gasteiger partial charge >= 0.3 is 0 Å². The molecule has 2 rings (SSSR count). The maximum atomic E-state index is 11.1. The fourth-order valence-electron chi connectivity index (χ4n) is 2.89. The van der Waals surface area contributed by atoms with E-state index in [1.54, 1.807) is 0 Å². The maximum Gasteiger partial charge on any atom is 0.221 e. The number of amides is 1. The lowest BCUT2D eigenvalue weighted by molar-refractivity contribution is -0.114. The Kier molecular flexibility index (Phi) is 7.73. The highest BCUT2D eigenvalue weighted by atomic mass is 127. The second-order valence-corrected chi connectivity index (χ2v) is 7.56. The number of carbonyl (C=O) groups excluding carboxylic acids is 1. The molecule has 1 aromatic carbocycles. The van der Waals surface area contributed by atoms with Gasteiger partial charge < -0.3 is 20.3 Å². The summed E-state index contributed by atoms with van der Waals surface area (Å²) in [7, 11) is 1.81. The van der Waals surface area contributed by atoms with Crippen molar-refractivity contribution in [2.45, 2.75) is 40.2 Å². The summed E-state index contributed by atoms with van der Waals surface area (Å²) >= 11 is 0. The molecule has 0 bridgehead atoms. The summed E-state index contributed by atoms with van der Waals surface area (Å²) in [6.45, 7) is 12.7.